The third kappa shape index (κ3) is 4.45. The van der Waals surface area contributed by atoms with Gasteiger partial charge in [-0.05, 0) is 31.1 Å². The van der Waals surface area contributed by atoms with Crippen molar-refractivity contribution in [3.63, 3.8) is 0 Å². The number of aliphatic hydroxyl groups excluding tert-OH is 1. The van der Waals surface area contributed by atoms with E-state index in [0.717, 1.165) is 18.8 Å². The van der Waals surface area contributed by atoms with E-state index < -0.39 is 0 Å². The van der Waals surface area contributed by atoms with Crippen LogP contribution in [-0.2, 0) is 0 Å². The second-order valence-corrected chi connectivity index (χ2v) is 4.90. The van der Waals surface area contributed by atoms with E-state index in [-0.39, 0.29) is 6.10 Å². The van der Waals surface area contributed by atoms with Crippen LogP contribution in [0.3, 0.4) is 0 Å². The van der Waals surface area contributed by atoms with Crippen LogP contribution >= 0.6 is 0 Å². The van der Waals surface area contributed by atoms with E-state index in [9.17, 15) is 5.11 Å². The van der Waals surface area contributed by atoms with Crippen molar-refractivity contribution in [3.05, 3.63) is 0 Å². The first-order valence-corrected chi connectivity index (χ1v) is 6.46. The molecule has 0 aliphatic heterocycles. The summed E-state index contributed by atoms with van der Waals surface area (Å²) in [6, 6.07) is 0. The summed E-state index contributed by atoms with van der Waals surface area (Å²) in [7, 11) is 0. The van der Waals surface area contributed by atoms with Gasteiger partial charge in [-0.15, -0.1) is 0 Å². The molecule has 1 heteroatoms. The van der Waals surface area contributed by atoms with Gasteiger partial charge in [0.15, 0.2) is 0 Å². The fraction of sp³-hybridized carbons (Fsp3) is 1.00. The van der Waals surface area contributed by atoms with Crippen LogP contribution in [0.4, 0.5) is 0 Å². The van der Waals surface area contributed by atoms with Crippen molar-refractivity contribution in [2.24, 2.45) is 11.8 Å². The lowest BCUT2D eigenvalue weighted by Gasteiger charge is -2.21. The number of aliphatic hydroxyl groups is 1. The molecule has 84 valence electrons. The monoisotopic (exact) mass is 198 g/mol. The Morgan fingerprint density at radius 3 is 2.43 bits per heavy atom. The van der Waals surface area contributed by atoms with E-state index >= 15 is 0 Å². The Balaban J connectivity index is 2.12. The molecule has 1 aliphatic rings. The maximum absolute atomic E-state index is 10.0. The molecule has 0 saturated heterocycles. The Bertz CT molecular complexity index is 140. The van der Waals surface area contributed by atoms with Crippen molar-refractivity contribution in [1.29, 1.82) is 0 Å². The average Bonchev–Trinajstić information content (AvgIpc) is 2.99. The van der Waals surface area contributed by atoms with E-state index in [1.807, 2.05) is 0 Å². The highest BCUT2D eigenvalue weighted by atomic mass is 16.3. The fourth-order valence-electron chi connectivity index (χ4n) is 2.18. The summed E-state index contributed by atoms with van der Waals surface area (Å²) < 4.78 is 0. The molecule has 0 spiro atoms. The van der Waals surface area contributed by atoms with Gasteiger partial charge in [0.05, 0.1) is 6.10 Å². The van der Waals surface area contributed by atoms with E-state index in [1.165, 1.54) is 38.5 Å². The lowest BCUT2D eigenvalue weighted by molar-refractivity contribution is 0.0868. The van der Waals surface area contributed by atoms with Crippen molar-refractivity contribution >= 4 is 0 Å². The van der Waals surface area contributed by atoms with Crippen molar-refractivity contribution in [2.75, 3.05) is 0 Å². The number of hydrogen-bond acceptors (Lipinski definition) is 1. The number of rotatable bonds is 8. The summed E-state index contributed by atoms with van der Waals surface area (Å²) >= 11 is 0. The molecular formula is C13H26O. The topological polar surface area (TPSA) is 20.2 Å². The van der Waals surface area contributed by atoms with Crippen LogP contribution < -0.4 is 0 Å². The first kappa shape index (κ1) is 12.0. The van der Waals surface area contributed by atoms with Crippen LogP contribution in [0.2, 0.25) is 0 Å². The third-order valence-electron chi connectivity index (χ3n) is 3.56. The second kappa shape index (κ2) is 6.44. The average molecular weight is 198 g/mol. The van der Waals surface area contributed by atoms with Crippen LogP contribution in [0.25, 0.3) is 0 Å². The predicted molar refractivity (Wildman–Crippen MR) is 61.3 cm³/mol. The molecular weight excluding hydrogens is 172 g/mol. The molecule has 0 aromatic heterocycles. The molecule has 1 fully saturated rings. The van der Waals surface area contributed by atoms with Crippen molar-refractivity contribution in [1.82, 2.24) is 0 Å². The van der Waals surface area contributed by atoms with Gasteiger partial charge in [0, 0.05) is 0 Å². The molecule has 0 aromatic carbocycles. The van der Waals surface area contributed by atoms with E-state index in [4.69, 9.17) is 0 Å². The SMILES string of the molecule is CCCCC(CC)C(O)CCC1CC1. The number of unbranched alkanes of at least 4 members (excludes halogenated alkanes) is 1. The van der Waals surface area contributed by atoms with Gasteiger partial charge in [0.2, 0.25) is 0 Å². The van der Waals surface area contributed by atoms with E-state index in [0.29, 0.717) is 5.92 Å². The lowest BCUT2D eigenvalue weighted by Crippen LogP contribution is -2.19. The fourth-order valence-corrected chi connectivity index (χ4v) is 2.18. The molecule has 2 unspecified atom stereocenters. The van der Waals surface area contributed by atoms with Gasteiger partial charge in [-0.1, -0.05) is 46.0 Å². The highest BCUT2D eigenvalue weighted by Crippen LogP contribution is 2.35. The van der Waals surface area contributed by atoms with Crippen LogP contribution in [0, 0.1) is 11.8 Å². The summed E-state index contributed by atoms with van der Waals surface area (Å²) in [5.41, 5.74) is 0. The lowest BCUT2D eigenvalue weighted by atomic mass is 9.90. The Morgan fingerprint density at radius 2 is 1.93 bits per heavy atom. The van der Waals surface area contributed by atoms with Gasteiger partial charge >= 0.3 is 0 Å². The van der Waals surface area contributed by atoms with Gasteiger partial charge in [-0.2, -0.15) is 0 Å². The molecule has 1 saturated carbocycles. The van der Waals surface area contributed by atoms with Crippen LogP contribution in [0.1, 0.15) is 65.2 Å². The molecule has 0 aromatic rings. The molecule has 1 rings (SSSR count). The normalized spacial score (nSPS) is 20.8. The zero-order valence-corrected chi connectivity index (χ0v) is 9.84. The molecule has 0 heterocycles. The van der Waals surface area contributed by atoms with E-state index in [1.54, 1.807) is 0 Å². The molecule has 0 bridgehead atoms. The Kier molecular flexibility index (Phi) is 5.54. The Morgan fingerprint density at radius 1 is 1.21 bits per heavy atom. The van der Waals surface area contributed by atoms with Gasteiger partial charge in [0.1, 0.15) is 0 Å². The summed E-state index contributed by atoms with van der Waals surface area (Å²) in [4.78, 5) is 0. The molecule has 14 heavy (non-hydrogen) atoms. The zero-order chi connectivity index (χ0) is 10.4. The molecule has 0 amide bonds. The molecule has 1 nitrogen and oxygen atoms in total. The second-order valence-electron chi connectivity index (χ2n) is 4.90. The van der Waals surface area contributed by atoms with Crippen LogP contribution in [0.15, 0.2) is 0 Å². The quantitative estimate of drug-likeness (QED) is 0.629. The summed E-state index contributed by atoms with van der Waals surface area (Å²) in [5.74, 6) is 1.53. The largest absolute Gasteiger partial charge is 0.393 e. The summed E-state index contributed by atoms with van der Waals surface area (Å²) in [6.07, 6.45) is 10.0. The highest BCUT2D eigenvalue weighted by Gasteiger charge is 2.24. The van der Waals surface area contributed by atoms with Crippen molar-refractivity contribution in [2.45, 2.75) is 71.3 Å². The van der Waals surface area contributed by atoms with Crippen LogP contribution in [-0.4, -0.2) is 11.2 Å². The van der Waals surface area contributed by atoms with Crippen molar-refractivity contribution < 1.29 is 5.11 Å². The van der Waals surface area contributed by atoms with E-state index in [2.05, 4.69) is 13.8 Å². The highest BCUT2D eigenvalue weighted by molar-refractivity contribution is 4.76. The minimum Gasteiger partial charge on any atom is -0.393 e. The van der Waals surface area contributed by atoms with Gasteiger partial charge < -0.3 is 5.11 Å². The number of hydrogen-bond donors (Lipinski definition) is 1. The van der Waals surface area contributed by atoms with Gasteiger partial charge in [0.25, 0.3) is 0 Å². The predicted octanol–water partition coefficient (Wildman–Crippen LogP) is 3.75. The Hall–Kier alpha value is -0.0400. The third-order valence-corrected chi connectivity index (χ3v) is 3.56. The molecule has 2 atom stereocenters. The minimum absolute atomic E-state index is 0.0212. The molecule has 0 radical (unpaired) electrons. The maximum Gasteiger partial charge on any atom is 0.0568 e. The van der Waals surface area contributed by atoms with Crippen molar-refractivity contribution in [3.8, 4) is 0 Å². The first-order valence-electron chi connectivity index (χ1n) is 6.46. The van der Waals surface area contributed by atoms with Crippen LogP contribution in [0.5, 0.6) is 0 Å². The standard InChI is InChI=1S/C13H26O/c1-3-5-6-12(4-2)13(14)10-9-11-7-8-11/h11-14H,3-10H2,1-2H3. The molecule has 1 aliphatic carbocycles. The summed E-state index contributed by atoms with van der Waals surface area (Å²) in [6.45, 7) is 4.43. The van der Waals surface area contributed by atoms with Gasteiger partial charge in [-0.25, -0.2) is 0 Å². The van der Waals surface area contributed by atoms with Gasteiger partial charge in [-0.3, -0.25) is 0 Å². The maximum atomic E-state index is 10.0. The zero-order valence-electron chi connectivity index (χ0n) is 9.84. The smallest absolute Gasteiger partial charge is 0.0568 e. The first-order chi connectivity index (χ1) is 6.77. The molecule has 1 N–H and O–H groups in total. The summed E-state index contributed by atoms with van der Waals surface area (Å²) in [5, 5.41) is 10.0. The Labute approximate surface area is 88.9 Å². The minimum atomic E-state index is -0.0212.